The fraction of sp³-hybridized carbons (Fsp3) is 0.395. The largest absolute Gasteiger partial charge is 0.466 e. The number of benzene rings is 3. The maximum atomic E-state index is 14.2. The van der Waals surface area contributed by atoms with Gasteiger partial charge >= 0.3 is 5.97 Å². The number of carbonyl (C=O) groups is 3. The highest BCUT2D eigenvalue weighted by Gasteiger charge is 2.44. The maximum absolute atomic E-state index is 14.2. The Hall–Kier alpha value is -4.23. The number of piperidine rings is 1. The number of hydrogen-bond donors (Lipinski definition) is 1. The van der Waals surface area contributed by atoms with Gasteiger partial charge in [0.15, 0.2) is 0 Å². The van der Waals surface area contributed by atoms with Gasteiger partial charge in [-0.3, -0.25) is 14.4 Å². The lowest BCUT2D eigenvalue weighted by Gasteiger charge is -2.42. The van der Waals surface area contributed by atoms with Crippen LogP contribution in [0.1, 0.15) is 51.2 Å². The molecular formula is C38H47N3O4. The summed E-state index contributed by atoms with van der Waals surface area (Å²) in [4.78, 5) is 44.1. The zero-order valence-electron chi connectivity index (χ0n) is 27.1. The molecule has 7 nitrogen and oxygen atoms in total. The summed E-state index contributed by atoms with van der Waals surface area (Å²) in [7, 11) is 1.68. The van der Waals surface area contributed by atoms with E-state index in [2.05, 4.69) is 24.3 Å². The second kappa shape index (κ2) is 15.2. The van der Waals surface area contributed by atoms with E-state index in [9.17, 15) is 14.4 Å². The molecule has 0 spiro atoms. The molecule has 3 aromatic rings. The molecule has 1 heterocycles. The van der Waals surface area contributed by atoms with Crippen LogP contribution < -0.4 is 5.73 Å². The molecule has 0 unspecified atom stereocenters. The summed E-state index contributed by atoms with van der Waals surface area (Å²) in [6, 6.07) is 27.5. The molecule has 0 aromatic heterocycles. The van der Waals surface area contributed by atoms with Gasteiger partial charge in [0.05, 0.1) is 12.0 Å². The van der Waals surface area contributed by atoms with Gasteiger partial charge in [0.2, 0.25) is 11.8 Å². The van der Waals surface area contributed by atoms with Crippen molar-refractivity contribution in [2.24, 2.45) is 11.1 Å². The molecule has 4 rings (SSSR count). The van der Waals surface area contributed by atoms with Crippen molar-refractivity contribution in [3.63, 3.8) is 0 Å². The van der Waals surface area contributed by atoms with E-state index < -0.39 is 17.0 Å². The number of nitrogens with zero attached hydrogens (tertiary/aromatic N) is 2. The standard InChI is InChI=1S/C38H47N3O4/c1-5-45-36(44)38(28-30-13-8-6-9-14-30)23-25-41(26-24-38)35(43)33(40(4)34(42)17-12-22-37(2,3)39)27-29-18-20-32(21-19-29)31-15-10-7-11-16-31/h6-21,33H,5,22-28,39H2,1-4H3/b17-12+/t33-/m1/s1. The van der Waals surface area contributed by atoms with Crippen molar-refractivity contribution in [2.45, 2.75) is 64.5 Å². The second-order valence-corrected chi connectivity index (χ2v) is 12.8. The fourth-order valence-corrected chi connectivity index (χ4v) is 5.90. The Morgan fingerprint density at radius 2 is 1.49 bits per heavy atom. The minimum atomic E-state index is -0.708. The lowest BCUT2D eigenvalue weighted by atomic mass is 9.73. The topological polar surface area (TPSA) is 92.9 Å². The minimum Gasteiger partial charge on any atom is -0.466 e. The predicted octanol–water partition coefficient (Wildman–Crippen LogP) is 5.82. The average molecular weight is 610 g/mol. The number of esters is 1. The van der Waals surface area contributed by atoms with Gasteiger partial charge in [-0.05, 0) is 74.8 Å². The Bertz CT molecular complexity index is 1440. The molecule has 0 radical (unpaired) electrons. The highest BCUT2D eigenvalue weighted by molar-refractivity contribution is 5.93. The highest BCUT2D eigenvalue weighted by atomic mass is 16.5. The first-order chi connectivity index (χ1) is 21.5. The number of likely N-dealkylation sites (tertiary alicyclic amines) is 1. The summed E-state index contributed by atoms with van der Waals surface area (Å²) in [6.45, 7) is 6.76. The molecule has 0 saturated carbocycles. The van der Waals surface area contributed by atoms with Gasteiger partial charge in [-0.1, -0.05) is 91.0 Å². The molecule has 1 fully saturated rings. The van der Waals surface area contributed by atoms with E-state index in [1.807, 2.05) is 86.3 Å². The van der Waals surface area contributed by atoms with Gasteiger partial charge in [-0.2, -0.15) is 0 Å². The molecule has 1 saturated heterocycles. The number of hydrogen-bond acceptors (Lipinski definition) is 5. The molecule has 1 aliphatic heterocycles. The van der Waals surface area contributed by atoms with E-state index >= 15 is 0 Å². The van der Waals surface area contributed by atoms with E-state index in [0.717, 1.165) is 22.3 Å². The summed E-state index contributed by atoms with van der Waals surface area (Å²) in [6.07, 6.45) is 5.74. The van der Waals surface area contributed by atoms with Crippen LogP contribution in [0.2, 0.25) is 0 Å². The van der Waals surface area contributed by atoms with Crippen LogP contribution in [0.3, 0.4) is 0 Å². The monoisotopic (exact) mass is 609 g/mol. The zero-order valence-corrected chi connectivity index (χ0v) is 27.1. The van der Waals surface area contributed by atoms with Gasteiger partial charge < -0.3 is 20.3 Å². The molecule has 2 N–H and O–H groups in total. The fourth-order valence-electron chi connectivity index (χ4n) is 5.90. The molecule has 7 heteroatoms. The molecule has 1 atom stereocenters. The van der Waals surface area contributed by atoms with Crippen LogP contribution in [0, 0.1) is 5.41 Å². The van der Waals surface area contributed by atoms with Gasteiger partial charge in [0, 0.05) is 32.1 Å². The van der Waals surface area contributed by atoms with Crippen LogP contribution in [0.5, 0.6) is 0 Å². The summed E-state index contributed by atoms with van der Waals surface area (Å²) in [5.41, 5.74) is 9.19. The van der Waals surface area contributed by atoms with Gasteiger partial charge in [0.1, 0.15) is 6.04 Å². The van der Waals surface area contributed by atoms with Crippen LogP contribution in [0.15, 0.2) is 97.1 Å². The third kappa shape index (κ3) is 9.14. The number of rotatable bonds is 12. The number of likely N-dealkylation sites (N-methyl/N-ethyl adjacent to an activating group) is 1. The quantitative estimate of drug-likeness (QED) is 0.206. The van der Waals surface area contributed by atoms with Gasteiger partial charge in [-0.25, -0.2) is 0 Å². The van der Waals surface area contributed by atoms with E-state index in [4.69, 9.17) is 10.5 Å². The molecule has 3 aromatic carbocycles. The number of carbonyl (C=O) groups excluding carboxylic acids is 3. The summed E-state index contributed by atoms with van der Waals surface area (Å²) in [5, 5.41) is 0. The van der Waals surface area contributed by atoms with Gasteiger partial charge in [0.25, 0.3) is 0 Å². The molecule has 238 valence electrons. The average Bonchev–Trinajstić information content (AvgIpc) is 3.04. The van der Waals surface area contributed by atoms with Crippen molar-refractivity contribution >= 4 is 17.8 Å². The normalized spacial score (nSPS) is 15.4. The van der Waals surface area contributed by atoms with Crippen LogP contribution in [0.4, 0.5) is 0 Å². The van der Waals surface area contributed by atoms with Crippen LogP contribution in [-0.4, -0.2) is 65.9 Å². The first kappa shape index (κ1) is 33.7. The summed E-state index contributed by atoms with van der Waals surface area (Å²) in [5.74, 6) is -0.584. The molecular weight excluding hydrogens is 562 g/mol. The van der Waals surface area contributed by atoms with Crippen LogP contribution >= 0.6 is 0 Å². The Morgan fingerprint density at radius 1 is 0.911 bits per heavy atom. The first-order valence-electron chi connectivity index (χ1n) is 15.9. The Kier molecular flexibility index (Phi) is 11.3. The van der Waals surface area contributed by atoms with E-state index in [1.165, 1.54) is 11.0 Å². The zero-order chi connectivity index (χ0) is 32.5. The molecule has 0 bridgehead atoms. The lowest BCUT2D eigenvalue weighted by molar-refractivity contribution is -0.161. The van der Waals surface area contributed by atoms with Crippen molar-refractivity contribution in [3.8, 4) is 11.1 Å². The number of ether oxygens (including phenoxy) is 1. The molecule has 2 amide bonds. The Morgan fingerprint density at radius 3 is 2.07 bits per heavy atom. The Balaban J connectivity index is 1.54. The summed E-state index contributed by atoms with van der Waals surface area (Å²) < 4.78 is 5.54. The van der Waals surface area contributed by atoms with E-state index in [0.29, 0.717) is 51.8 Å². The SMILES string of the molecule is CCOC(=O)C1(Cc2ccccc2)CCN(C(=O)[C@@H](Cc2ccc(-c3ccccc3)cc2)N(C)C(=O)/C=C/CC(C)(C)N)CC1. The van der Waals surface area contributed by atoms with Crippen LogP contribution in [0.25, 0.3) is 11.1 Å². The maximum Gasteiger partial charge on any atom is 0.312 e. The first-order valence-corrected chi connectivity index (χ1v) is 15.9. The number of nitrogens with two attached hydrogens (primary N) is 1. The third-order valence-corrected chi connectivity index (χ3v) is 8.62. The van der Waals surface area contributed by atoms with E-state index in [1.54, 1.807) is 13.1 Å². The second-order valence-electron chi connectivity index (χ2n) is 12.8. The van der Waals surface area contributed by atoms with Crippen molar-refractivity contribution in [3.05, 3.63) is 108 Å². The van der Waals surface area contributed by atoms with Crippen LogP contribution in [-0.2, 0) is 32.0 Å². The van der Waals surface area contributed by atoms with Crippen molar-refractivity contribution in [1.29, 1.82) is 0 Å². The smallest absolute Gasteiger partial charge is 0.312 e. The minimum absolute atomic E-state index is 0.122. The lowest BCUT2D eigenvalue weighted by Crippen LogP contribution is -2.54. The molecule has 45 heavy (non-hydrogen) atoms. The van der Waals surface area contributed by atoms with Crippen molar-refractivity contribution in [1.82, 2.24) is 9.80 Å². The van der Waals surface area contributed by atoms with Crippen molar-refractivity contribution in [2.75, 3.05) is 26.7 Å². The Labute approximate surface area is 268 Å². The number of amides is 2. The predicted molar refractivity (Wildman–Crippen MR) is 179 cm³/mol. The molecule has 1 aliphatic rings. The van der Waals surface area contributed by atoms with E-state index in [-0.39, 0.29) is 17.8 Å². The molecule has 0 aliphatic carbocycles. The van der Waals surface area contributed by atoms with Gasteiger partial charge in [-0.15, -0.1) is 0 Å². The van der Waals surface area contributed by atoms with Crippen molar-refractivity contribution < 1.29 is 19.1 Å². The highest BCUT2D eigenvalue weighted by Crippen LogP contribution is 2.37. The summed E-state index contributed by atoms with van der Waals surface area (Å²) >= 11 is 0. The third-order valence-electron chi connectivity index (χ3n) is 8.62.